The van der Waals surface area contributed by atoms with Crippen LogP contribution in [0.4, 0.5) is 4.79 Å². The second kappa shape index (κ2) is 5.69. The predicted octanol–water partition coefficient (Wildman–Crippen LogP) is 0.465. The monoisotopic (exact) mass is 241 g/mol. The summed E-state index contributed by atoms with van der Waals surface area (Å²) in [5.41, 5.74) is 0. The van der Waals surface area contributed by atoms with Gasteiger partial charge in [0.2, 0.25) is 0 Å². The number of urea groups is 1. The normalized spacial score (nSPS) is 23.8. The molecular weight excluding hydrogens is 218 g/mol. The molecule has 0 aromatic rings. The molecule has 0 aromatic carbocycles. The van der Waals surface area contributed by atoms with E-state index in [9.17, 15) is 4.79 Å². The Morgan fingerprint density at radius 2 is 1.76 bits per heavy atom. The molecule has 0 radical (unpaired) electrons. The van der Waals surface area contributed by atoms with Gasteiger partial charge in [0.25, 0.3) is 0 Å². The standard InChI is InChI=1S/C12H23N3O2/c1-13-5-3-11(4-6-13)14(2)12(16)15-7-9-17-10-8-15/h11H,3-10H2,1-2H3. The van der Waals surface area contributed by atoms with Crippen molar-refractivity contribution >= 4 is 6.03 Å². The second-order valence-electron chi connectivity index (χ2n) is 5.03. The van der Waals surface area contributed by atoms with Crippen molar-refractivity contribution in [1.29, 1.82) is 0 Å². The van der Waals surface area contributed by atoms with Gasteiger partial charge in [-0.15, -0.1) is 0 Å². The summed E-state index contributed by atoms with van der Waals surface area (Å²) >= 11 is 0. The van der Waals surface area contributed by atoms with Crippen molar-refractivity contribution in [2.24, 2.45) is 0 Å². The molecule has 0 spiro atoms. The van der Waals surface area contributed by atoms with Crippen molar-refractivity contribution in [3.05, 3.63) is 0 Å². The SMILES string of the molecule is CN1CCC(N(C)C(=O)N2CCOCC2)CC1. The molecule has 5 heteroatoms. The van der Waals surface area contributed by atoms with Crippen molar-refractivity contribution < 1.29 is 9.53 Å². The van der Waals surface area contributed by atoms with Gasteiger partial charge >= 0.3 is 6.03 Å². The molecular formula is C12H23N3O2. The number of piperidine rings is 1. The van der Waals surface area contributed by atoms with E-state index in [0.717, 1.165) is 39.0 Å². The highest BCUT2D eigenvalue weighted by Crippen LogP contribution is 2.16. The van der Waals surface area contributed by atoms with Gasteiger partial charge in [-0.3, -0.25) is 0 Å². The third-order valence-electron chi connectivity index (χ3n) is 3.82. The molecule has 98 valence electrons. The van der Waals surface area contributed by atoms with Gasteiger partial charge in [-0.1, -0.05) is 0 Å². The molecule has 2 fully saturated rings. The summed E-state index contributed by atoms with van der Waals surface area (Å²) in [6.45, 7) is 4.99. The van der Waals surface area contributed by atoms with Crippen LogP contribution in [0.1, 0.15) is 12.8 Å². The van der Waals surface area contributed by atoms with Crippen LogP contribution in [-0.4, -0.2) is 80.3 Å². The van der Waals surface area contributed by atoms with E-state index in [1.165, 1.54) is 0 Å². The summed E-state index contributed by atoms with van der Waals surface area (Å²) in [6, 6.07) is 0.574. The van der Waals surface area contributed by atoms with Crippen LogP contribution in [0, 0.1) is 0 Å². The quantitative estimate of drug-likeness (QED) is 0.669. The molecule has 2 rings (SSSR count). The molecule has 2 aliphatic heterocycles. The minimum Gasteiger partial charge on any atom is -0.378 e. The third-order valence-corrected chi connectivity index (χ3v) is 3.82. The number of nitrogens with zero attached hydrogens (tertiary/aromatic N) is 3. The van der Waals surface area contributed by atoms with Crippen LogP contribution in [-0.2, 0) is 4.74 Å². The lowest BCUT2D eigenvalue weighted by atomic mass is 10.0. The average Bonchev–Trinajstić information content (AvgIpc) is 2.39. The van der Waals surface area contributed by atoms with Gasteiger partial charge in [-0.2, -0.15) is 0 Å². The first-order valence-corrected chi connectivity index (χ1v) is 6.46. The highest BCUT2D eigenvalue weighted by Gasteiger charge is 2.27. The zero-order valence-electron chi connectivity index (χ0n) is 10.9. The van der Waals surface area contributed by atoms with Gasteiger partial charge in [-0.05, 0) is 33.0 Å². The molecule has 2 saturated heterocycles. The maximum atomic E-state index is 12.3. The lowest BCUT2D eigenvalue weighted by molar-refractivity contribution is 0.0387. The van der Waals surface area contributed by atoms with Gasteiger partial charge in [-0.25, -0.2) is 4.79 Å². The molecule has 0 saturated carbocycles. The minimum absolute atomic E-state index is 0.169. The van der Waals surface area contributed by atoms with Crippen molar-refractivity contribution in [3.8, 4) is 0 Å². The first-order chi connectivity index (χ1) is 8.18. The Kier molecular flexibility index (Phi) is 4.23. The lowest BCUT2D eigenvalue weighted by Crippen LogP contribution is -2.52. The van der Waals surface area contributed by atoms with Crippen LogP contribution in [0.5, 0.6) is 0 Å². The van der Waals surface area contributed by atoms with E-state index in [4.69, 9.17) is 4.74 Å². The molecule has 0 aliphatic carbocycles. The Hall–Kier alpha value is -0.810. The summed E-state index contributed by atoms with van der Waals surface area (Å²) < 4.78 is 5.27. The number of morpholine rings is 1. The number of ether oxygens (including phenoxy) is 1. The van der Waals surface area contributed by atoms with Crippen LogP contribution >= 0.6 is 0 Å². The largest absolute Gasteiger partial charge is 0.378 e. The summed E-state index contributed by atoms with van der Waals surface area (Å²) in [5, 5.41) is 0. The smallest absolute Gasteiger partial charge is 0.320 e. The van der Waals surface area contributed by atoms with E-state index in [2.05, 4.69) is 11.9 Å². The van der Waals surface area contributed by atoms with Gasteiger partial charge in [0.05, 0.1) is 13.2 Å². The first-order valence-electron chi connectivity index (χ1n) is 6.46. The molecule has 0 unspecified atom stereocenters. The Labute approximate surface area is 103 Å². The minimum atomic E-state index is 0.169. The van der Waals surface area contributed by atoms with Crippen LogP contribution in [0.2, 0.25) is 0 Å². The van der Waals surface area contributed by atoms with E-state index < -0.39 is 0 Å². The molecule has 0 aromatic heterocycles. The number of likely N-dealkylation sites (tertiary alicyclic amines) is 1. The van der Waals surface area contributed by atoms with E-state index in [1.807, 2.05) is 16.8 Å². The number of rotatable bonds is 1. The zero-order valence-corrected chi connectivity index (χ0v) is 10.9. The lowest BCUT2D eigenvalue weighted by Gasteiger charge is -2.38. The highest BCUT2D eigenvalue weighted by molar-refractivity contribution is 5.74. The van der Waals surface area contributed by atoms with Crippen LogP contribution in [0.3, 0.4) is 0 Å². The number of amides is 2. The molecule has 0 N–H and O–H groups in total. The molecule has 2 heterocycles. The summed E-state index contributed by atoms with van der Waals surface area (Å²) in [6.07, 6.45) is 2.17. The number of hydrogen-bond acceptors (Lipinski definition) is 3. The summed E-state index contributed by atoms with van der Waals surface area (Å²) in [4.78, 5) is 18.4. The first kappa shape index (κ1) is 12.6. The van der Waals surface area contributed by atoms with E-state index in [0.29, 0.717) is 19.3 Å². The Morgan fingerprint density at radius 3 is 2.35 bits per heavy atom. The van der Waals surface area contributed by atoms with E-state index in [-0.39, 0.29) is 6.03 Å². The maximum absolute atomic E-state index is 12.3. The molecule has 17 heavy (non-hydrogen) atoms. The second-order valence-corrected chi connectivity index (χ2v) is 5.03. The fourth-order valence-corrected chi connectivity index (χ4v) is 2.52. The van der Waals surface area contributed by atoms with Crippen LogP contribution in [0.25, 0.3) is 0 Å². The Morgan fingerprint density at radius 1 is 1.18 bits per heavy atom. The van der Waals surface area contributed by atoms with Gasteiger partial charge < -0.3 is 19.4 Å². The molecule has 2 amide bonds. The zero-order chi connectivity index (χ0) is 12.3. The van der Waals surface area contributed by atoms with Gasteiger partial charge in [0.15, 0.2) is 0 Å². The summed E-state index contributed by atoms with van der Waals surface area (Å²) in [7, 11) is 4.08. The topological polar surface area (TPSA) is 36.0 Å². The van der Waals surface area contributed by atoms with Crippen molar-refractivity contribution in [1.82, 2.24) is 14.7 Å². The Bertz CT molecular complexity index is 258. The van der Waals surface area contributed by atoms with Crippen molar-refractivity contribution in [3.63, 3.8) is 0 Å². The number of carbonyl (C=O) groups is 1. The maximum Gasteiger partial charge on any atom is 0.320 e. The van der Waals surface area contributed by atoms with Crippen LogP contribution in [0.15, 0.2) is 0 Å². The fraction of sp³-hybridized carbons (Fsp3) is 0.917. The molecule has 2 aliphatic rings. The van der Waals surface area contributed by atoms with Crippen molar-refractivity contribution in [2.75, 3.05) is 53.5 Å². The van der Waals surface area contributed by atoms with Gasteiger partial charge in [0, 0.05) is 26.2 Å². The third kappa shape index (κ3) is 3.10. The Balaban J connectivity index is 1.85. The predicted molar refractivity (Wildman–Crippen MR) is 66.1 cm³/mol. The fourth-order valence-electron chi connectivity index (χ4n) is 2.52. The number of carbonyl (C=O) groups excluding carboxylic acids is 1. The average molecular weight is 241 g/mol. The van der Waals surface area contributed by atoms with Gasteiger partial charge in [0.1, 0.15) is 0 Å². The molecule has 0 atom stereocenters. The molecule has 0 bridgehead atoms. The van der Waals surface area contributed by atoms with E-state index >= 15 is 0 Å². The number of hydrogen-bond donors (Lipinski definition) is 0. The van der Waals surface area contributed by atoms with Crippen LogP contribution < -0.4 is 0 Å². The summed E-state index contributed by atoms with van der Waals surface area (Å²) in [5.74, 6) is 0. The highest BCUT2D eigenvalue weighted by atomic mass is 16.5. The van der Waals surface area contributed by atoms with E-state index in [1.54, 1.807) is 0 Å². The van der Waals surface area contributed by atoms with Crippen molar-refractivity contribution in [2.45, 2.75) is 18.9 Å². The molecule has 5 nitrogen and oxygen atoms in total.